The normalized spacial score (nSPS) is 11.0. The largest absolute Gasteiger partial charge is 0.298 e. The maximum absolute atomic E-state index is 13.5. The zero-order valence-corrected chi connectivity index (χ0v) is 19.0. The quantitative estimate of drug-likeness (QED) is 0.387. The number of amides is 1. The molecule has 5 rings (SSSR count). The highest BCUT2D eigenvalue weighted by atomic mass is 19.1. The topological polar surface area (TPSA) is 92.7 Å². The minimum atomic E-state index is -0.472. The number of fused-ring (bicyclic) bond motifs is 1. The zero-order chi connectivity index (χ0) is 24.4. The molecule has 7 nitrogen and oxygen atoms in total. The van der Waals surface area contributed by atoms with E-state index in [1.165, 1.54) is 16.8 Å². The Hall–Kier alpha value is -4.59. The second kappa shape index (κ2) is 9.34. The van der Waals surface area contributed by atoms with Crippen molar-refractivity contribution in [2.75, 3.05) is 5.43 Å². The first-order valence-corrected chi connectivity index (χ1v) is 11.2. The van der Waals surface area contributed by atoms with Crippen molar-refractivity contribution in [1.82, 2.24) is 19.9 Å². The molecule has 0 saturated carbocycles. The van der Waals surface area contributed by atoms with Crippen LogP contribution in [0, 0.1) is 12.7 Å². The molecule has 0 fully saturated rings. The second-order valence-corrected chi connectivity index (χ2v) is 8.27. The summed E-state index contributed by atoms with van der Waals surface area (Å²) in [5, 5.41) is 7.01. The van der Waals surface area contributed by atoms with Crippen LogP contribution < -0.4 is 11.0 Å². The van der Waals surface area contributed by atoms with E-state index in [2.05, 4.69) is 15.6 Å². The Morgan fingerprint density at radius 2 is 1.77 bits per heavy atom. The fourth-order valence-corrected chi connectivity index (χ4v) is 3.95. The summed E-state index contributed by atoms with van der Waals surface area (Å²) in [5.41, 5.74) is 6.26. The van der Waals surface area contributed by atoms with E-state index in [0.29, 0.717) is 41.0 Å². The van der Waals surface area contributed by atoms with Gasteiger partial charge in [0.1, 0.15) is 22.9 Å². The summed E-state index contributed by atoms with van der Waals surface area (Å²) in [6, 6.07) is 22.8. The SMILES string of the molecule is Cc1cccc(C(=O)Nn2c(CCc3ccccc3)nc3c(-c4ccc(F)cc4)n[nH]c3c2=O)c1. The lowest BCUT2D eigenvalue weighted by Crippen LogP contribution is -2.36. The average Bonchev–Trinajstić information content (AvgIpc) is 3.30. The van der Waals surface area contributed by atoms with Crippen LogP contribution in [0.4, 0.5) is 4.39 Å². The van der Waals surface area contributed by atoms with Crippen molar-refractivity contribution in [3.8, 4) is 11.3 Å². The first kappa shape index (κ1) is 22.2. The van der Waals surface area contributed by atoms with Crippen molar-refractivity contribution in [1.29, 1.82) is 0 Å². The molecule has 3 aromatic carbocycles. The summed E-state index contributed by atoms with van der Waals surface area (Å²) in [5.74, 6) is -0.403. The van der Waals surface area contributed by atoms with Crippen LogP contribution >= 0.6 is 0 Å². The van der Waals surface area contributed by atoms with Crippen LogP contribution in [-0.2, 0) is 12.8 Å². The molecular formula is C27H22FN5O2. The number of halogens is 1. The number of benzene rings is 3. The van der Waals surface area contributed by atoms with E-state index in [4.69, 9.17) is 4.98 Å². The number of nitrogens with zero attached hydrogens (tertiary/aromatic N) is 3. The molecule has 0 unspecified atom stereocenters. The van der Waals surface area contributed by atoms with E-state index in [1.54, 1.807) is 30.3 Å². The molecule has 35 heavy (non-hydrogen) atoms. The molecular weight excluding hydrogens is 445 g/mol. The van der Waals surface area contributed by atoms with Crippen LogP contribution in [0.5, 0.6) is 0 Å². The minimum Gasteiger partial charge on any atom is -0.270 e. The molecule has 2 heterocycles. The molecule has 2 N–H and O–H groups in total. The number of aromatic amines is 1. The molecule has 0 atom stereocenters. The third-order valence-corrected chi connectivity index (χ3v) is 5.75. The van der Waals surface area contributed by atoms with Gasteiger partial charge in [0.25, 0.3) is 11.5 Å². The van der Waals surface area contributed by atoms with E-state index >= 15 is 0 Å². The summed E-state index contributed by atoms with van der Waals surface area (Å²) in [4.78, 5) is 31.2. The smallest absolute Gasteiger partial charge is 0.270 e. The lowest BCUT2D eigenvalue weighted by molar-refractivity contribution is 0.101. The molecule has 8 heteroatoms. The van der Waals surface area contributed by atoms with Crippen molar-refractivity contribution >= 4 is 16.9 Å². The Morgan fingerprint density at radius 1 is 1.00 bits per heavy atom. The van der Waals surface area contributed by atoms with Gasteiger partial charge in [-0.2, -0.15) is 5.10 Å². The van der Waals surface area contributed by atoms with Crippen molar-refractivity contribution in [2.24, 2.45) is 0 Å². The number of hydrogen-bond acceptors (Lipinski definition) is 4. The van der Waals surface area contributed by atoms with Crippen molar-refractivity contribution in [2.45, 2.75) is 19.8 Å². The van der Waals surface area contributed by atoms with Gasteiger partial charge in [0.2, 0.25) is 0 Å². The summed E-state index contributed by atoms with van der Waals surface area (Å²) in [6.45, 7) is 1.89. The van der Waals surface area contributed by atoms with Gasteiger partial charge in [0, 0.05) is 17.5 Å². The van der Waals surface area contributed by atoms with Gasteiger partial charge in [-0.3, -0.25) is 20.1 Å². The van der Waals surface area contributed by atoms with E-state index < -0.39 is 11.5 Å². The molecule has 5 aromatic rings. The molecule has 174 valence electrons. The maximum Gasteiger partial charge on any atom is 0.298 e. The second-order valence-electron chi connectivity index (χ2n) is 8.27. The van der Waals surface area contributed by atoms with Gasteiger partial charge in [0.15, 0.2) is 5.52 Å². The van der Waals surface area contributed by atoms with E-state index in [9.17, 15) is 14.0 Å². The van der Waals surface area contributed by atoms with E-state index in [0.717, 1.165) is 11.1 Å². The van der Waals surface area contributed by atoms with Gasteiger partial charge in [-0.25, -0.2) is 14.1 Å². The summed E-state index contributed by atoms with van der Waals surface area (Å²) >= 11 is 0. The van der Waals surface area contributed by atoms with Crippen LogP contribution in [0.1, 0.15) is 27.3 Å². The number of carbonyl (C=O) groups is 1. The molecule has 0 spiro atoms. The lowest BCUT2D eigenvalue weighted by Gasteiger charge is -2.14. The van der Waals surface area contributed by atoms with Gasteiger partial charge < -0.3 is 0 Å². The standard InChI is InChI=1S/C27H22FN5O2/c1-17-6-5-9-20(16-17)26(34)32-33-22(15-10-18-7-3-2-4-8-18)29-24-23(30-31-25(24)27(33)35)19-11-13-21(28)14-12-19/h2-9,11-14,16H,10,15H2,1H3,(H,30,31)(H,32,34). The Kier molecular flexibility index (Phi) is 5.93. The van der Waals surface area contributed by atoms with Crippen LogP contribution in [0.15, 0.2) is 83.7 Å². The Bertz CT molecular complexity index is 1570. The number of nitrogens with one attached hydrogen (secondary N) is 2. The highest BCUT2D eigenvalue weighted by Gasteiger charge is 2.19. The van der Waals surface area contributed by atoms with Gasteiger partial charge >= 0.3 is 0 Å². The third-order valence-electron chi connectivity index (χ3n) is 5.75. The number of aryl methyl sites for hydroxylation is 3. The number of hydrogen-bond donors (Lipinski definition) is 2. The number of rotatable bonds is 6. The van der Waals surface area contributed by atoms with Crippen molar-refractivity contribution in [3.05, 3.63) is 118 Å². The maximum atomic E-state index is 13.5. The molecule has 0 bridgehead atoms. The Labute approximate surface area is 200 Å². The highest BCUT2D eigenvalue weighted by molar-refractivity contribution is 6.00. The summed E-state index contributed by atoms with van der Waals surface area (Å²) in [7, 11) is 0. The summed E-state index contributed by atoms with van der Waals surface area (Å²) in [6.07, 6.45) is 1.01. The fraction of sp³-hybridized carbons (Fsp3) is 0.111. The lowest BCUT2D eigenvalue weighted by atomic mass is 10.1. The molecule has 0 aliphatic carbocycles. The third kappa shape index (κ3) is 4.59. The number of aromatic nitrogens is 4. The number of H-pyrrole nitrogens is 1. The van der Waals surface area contributed by atoms with Crippen LogP contribution in [-0.4, -0.2) is 25.8 Å². The molecule has 2 aromatic heterocycles. The minimum absolute atomic E-state index is 0.150. The van der Waals surface area contributed by atoms with Gasteiger partial charge in [-0.05, 0) is 55.3 Å². The first-order chi connectivity index (χ1) is 17.0. The molecule has 0 radical (unpaired) electrons. The predicted octanol–water partition coefficient (Wildman–Crippen LogP) is 4.40. The van der Waals surface area contributed by atoms with Crippen LogP contribution in [0.25, 0.3) is 22.3 Å². The average molecular weight is 468 g/mol. The summed E-state index contributed by atoms with van der Waals surface area (Å²) < 4.78 is 14.6. The van der Waals surface area contributed by atoms with Gasteiger partial charge in [0.05, 0.1) is 0 Å². The van der Waals surface area contributed by atoms with Gasteiger partial charge in [-0.15, -0.1) is 0 Å². The van der Waals surface area contributed by atoms with Crippen molar-refractivity contribution < 1.29 is 9.18 Å². The number of carbonyl (C=O) groups excluding carboxylic acids is 1. The first-order valence-electron chi connectivity index (χ1n) is 11.2. The van der Waals surface area contributed by atoms with Gasteiger partial charge in [-0.1, -0.05) is 48.0 Å². The predicted molar refractivity (Wildman–Crippen MR) is 132 cm³/mol. The highest BCUT2D eigenvalue weighted by Crippen LogP contribution is 2.24. The molecule has 0 aliphatic rings. The van der Waals surface area contributed by atoms with Crippen molar-refractivity contribution in [3.63, 3.8) is 0 Å². The molecule has 1 amide bonds. The van der Waals surface area contributed by atoms with Crippen LogP contribution in [0.2, 0.25) is 0 Å². The monoisotopic (exact) mass is 467 g/mol. The zero-order valence-electron chi connectivity index (χ0n) is 19.0. The Morgan fingerprint density at radius 3 is 2.51 bits per heavy atom. The Balaban J connectivity index is 1.59. The van der Waals surface area contributed by atoms with E-state index in [1.807, 2.05) is 43.3 Å². The molecule has 0 aliphatic heterocycles. The van der Waals surface area contributed by atoms with Crippen LogP contribution in [0.3, 0.4) is 0 Å². The van der Waals surface area contributed by atoms with E-state index in [-0.39, 0.29) is 11.3 Å². The fourth-order valence-electron chi connectivity index (χ4n) is 3.95. The molecule has 0 saturated heterocycles.